The first-order chi connectivity index (χ1) is 6.00. The molecule has 0 rings (SSSR count). The zero-order valence-electron chi connectivity index (χ0n) is 7.21. The van der Waals surface area contributed by atoms with Gasteiger partial charge in [0.25, 0.3) is 0 Å². The summed E-state index contributed by atoms with van der Waals surface area (Å²) in [6.45, 7) is -0.692. The Kier molecular flexibility index (Phi) is 3.16. The highest BCUT2D eigenvalue weighted by atomic mass is 19.3. The van der Waals surface area contributed by atoms with Gasteiger partial charge in [0, 0.05) is 6.54 Å². The summed E-state index contributed by atoms with van der Waals surface area (Å²) >= 11 is 0. The molecular weight excluding hydrogens is 200 g/mol. The largest absolute Gasteiger partial charge is 0.477 e. The maximum atomic E-state index is 12.9. The molecule has 0 unspecified atom stereocenters. The van der Waals surface area contributed by atoms with Crippen molar-refractivity contribution in [1.82, 2.24) is 0 Å². The smallest absolute Gasteiger partial charge is 0.378 e. The van der Waals surface area contributed by atoms with Crippen LogP contribution in [0.3, 0.4) is 0 Å². The number of aliphatic carboxylic acids is 1. The molecule has 0 radical (unpaired) electrons. The molecular formula is C5H13F2N5O2. The summed E-state index contributed by atoms with van der Waals surface area (Å²) in [5.74, 6) is -6.99. The van der Waals surface area contributed by atoms with Gasteiger partial charge in [-0.2, -0.15) is 8.78 Å². The molecule has 0 aliphatic rings. The summed E-state index contributed by atoms with van der Waals surface area (Å²) in [4.78, 5) is 10.2. The molecule has 0 aromatic carbocycles. The van der Waals surface area contributed by atoms with E-state index in [1.807, 2.05) is 0 Å². The lowest BCUT2D eigenvalue weighted by Gasteiger charge is -2.42. The van der Waals surface area contributed by atoms with E-state index >= 15 is 0 Å². The van der Waals surface area contributed by atoms with Crippen molar-refractivity contribution in [2.24, 2.45) is 28.7 Å². The number of nitrogens with two attached hydrogens (primary N) is 5. The van der Waals surface area contributed by atoms with E-state index in [1.165, 1.54) is 0 Å². The van der Waals surface area contributed by atoms with Gasteiger partial charge in [-0.3, -0.25) is 0 Å². The average Bonchev–Trinajstić information content (AvgIpc) is 2.03. The van der Waals surface area contributed by atoms with Crippen LogP contribution in [0.5, 0.6) is 0 Å². The molecule has 0 amide bonds. The Morgan fingerprint density at radius 2 is 1.57 bits per heavy atom. The molecule has 0 saturated heterocycles. The first kappa shape index (κ1) is 13.1. The van der Waals surface area contributed by atoms with Crippen molar-refractivity contribution in [2.75, 3.05) is 6.54 Å². The number of carbonyl (C=O) groups is 1. The van der Waals surface area contributed by atoms with Crippen molar-refractivity contribution in [3.05, 3.63) is 0 Å². The monoisotopic (exact) mass is 213 g/mol. The van der Waals surface area contributed by atoms with Gasteiger partial charge in [-0.1, -0.05) is 0 Å². The van der Waals surface area contributed by atoms with Crippen LogP contribution >= 0.6 is 0 Å². The molecule has 11 N–H and O–H groups in total. The van der Waals surface area contributed by atoms with E-state index in [2.05, 4.69) is 0 Å². The third kappa shape index (κ3) is 1.67. The van der Waals surface area contributed by atoms with Gasteiger partial charge >= 0.3 is 11.9 Å². The van der Waals surface area contributed by atoms with E-state index in [0.717, 1.165) is 0 Å². The molecule has 0 aliphatic carbocycles. The zero-order chi connectivity index (χ0) is 11.8. The van der Waals surface area contributed by atoms with Crippen molar-refractivity contribution in [1.29, 1.82) is 0 Å². The number of rotatable bonds is 4. The van der Waals surface area contributed by atoms with Crippen molar-refractivity contribution in [2.45, 2.75) is 17.2 Å². The third-order valence-corrected chi connectivity index (χ3v) is 1.90. The molecule has 14 heavy (non-hydrogen) atoms. The summed E-state index contributed by atoms with van der Waals surface area (Å²) in [6.07, 6.45) is 0. The van der Waals surface area contributed by atoms with E-state index in [4.69, 9.17) is 33.8 Å². The summed E-state index contributed by atoms with van der Waals surface area (Å²) in [5.41, 5.74) is 19.4. The standard InChI is InChI=1S/C5H13F2N5O2/c6-4(7,2(13)14)5(11,12)3(9,10)1-8/h1,8-12H2,(H,13,14). The van der Waals surface area contributed by atoms with Gasteiger partial charge in [-0.05, 0) is 0 Å². The number of hydrogen-bond acceptors (Lipinski definition) is 6. The van der Waals surface area contributed by atoms with E-state index in [0.29, 0.717) is 0 Å². The highest BCUT2D eigenvalue weighted by Crippen LogP contribution is 2.27. The van der Waals surface area contributed by atoms with Crippen LogP contribution in [0.2, 0.25) is 0 Å². The second-order valence-corrected chi connectivity index (χ2v) is 2.99. The van der Waals surface area contributed by atoms with Gasteiger partial charge in [-0.15, -0.1) is 0 Å². The molecule has 84 valence electrons. The lowest BCUT2D eigenvalue weighted by molar-refractivity contribution is -0.181. The molecule has 0 aromatic rings. The Morgan fingerprint density at radius 1 is 1.21 bits per heavy atom. The molecule has 0 fully saturated rings. The maximum Gasteiger partial charge on any atom is 0.378 e. The normalized spacial score (nSPS) is 14.2. The fourth-order valence-corrected chi connectivity index (χ4v) is 0.638. The molecule has 7 nitrogen and oxygen atoms in total. The Labute approximate surface area is 78.2 Å². The van der Waals surface area contributed by atoms with E-state index in [-0.39, 0.29) is 0 Å². The Bertz CT molecular complexity index is 242. The van der Waals surface area contributed by atoms with Gasteiger partial charge in [-0.25, -0.2) is 4.79 Å². The minimum absolute atomic E-state index is 0.692. The Balaban J connectivity index is 5.24. The van der Waals surface area contributed by atoms with Crippen LogP contribution in [0.1, 0.15) is 0 Å². The summed E-state index contributed by atoms with van der Waals surface area (Å²) in [5, 5.41) is 8.17. The fourth-order valence-electron chi connectivity index (χ4n) is 0.638. The highest BCUT2D eigenvalue weighted by molar-refractivity contribution is 5.77. The topological polar surface area (TPSA) is 167 Å². The number of carboxylic acid groups (broad SMARTS) is 1. The Hall–Kier alpha value is -0.870. The zero-order valence-corrected chi connectivity index (χ0v) is 7.21. The van der Waals surface area contributed by atoms with Crippen LogP contribution < -0.4 is 28.7 Å². The van der Waals surface area contributed by atoms with Crippen LogP contribution in [-0.2, 0) is 4.79 Å². The molecule has 0 aromatic heterocycles. The molecule has 9 heteroatoms. The van der Waals surface area contributed by atoms with E-state index < -0.39 is 29.8 Å². The quantitative estimate of drug-likeness (QED) is 0.269. The van der Waals surface area contributed by atoms with Gasteiger partial charge in [0.15, 0.2) is 5.66 Å². The van der Waals surface area contributed by atoms with Gasteiger partial charge in [0.05, 0.1) is 0 Å². The molecule has 0 spiro atoms. The predicted octanol–water partition coefficient (Wildman–Crippen LogP) is -3.11. The van der Waals surface area contributed by atoms with Crippen LogP contribution in [0.25, 0.3) is 0 Å². The number of alkyl halides is 2. The average molecular weight is 213 g/mol. The van der Waals surface area contributed by atoms with Crippen molar-refractivity contribution in [3.8, 4) is 0 Å². The minimum atomic E-state index is -4.48. The lowest BCUT2D eigenvalue weighted by atomic mass is 9.89. The summed E-state index contributed by atoms with van der Waals surface area (Å²) < 4.78 is 25.9. The molecule has 0 aliphatic heterocycles. The summed E-state index contributed by atoms with van der Waals surface area (Å²) in [6, 6.07) is 0. The van der Waals surface area contributed by atoms with Gasteiger partial charge in [0.2, 0.25) is 0 Å². The van der Waals surface area contributed by atoms with Crippen LogP contribution in [0, 0.1) is 0 Å². The van der Waals surface area contributed by atoms with E-state index in [9.17, 15) is 13.6 Å². The molecule has 0 atom stereocenters. The third-order valence-electron chi connectivity index (χ3n) is 1.90. The van der Waals surface area contributed by atoms with Crippen molar-refractivity contribution in [3.63, 3.8) is 0 Å². The lowest BCUT2D eigenvalue weighted by Crippen LogP contribution is -2.86. The van der Waals surface area contributed by atoms with Crippen LogP contribution in [0.4, 0.5) is 8.78 Å². The highest BCUT2D eigenvalue weighted by Gasteiger charge is 2.63. The molecule has 0 bridgehead atoms. The minimum Gasteiger partial charge on any atom is -0.477 e. The Morgan fingerprint density at radius 3 is 1.79 bits per heavy atom. The van der Waals surface area contributed by atoms with Crippen LogP contribution in [-0.4, -0.2) is 34.9 Å². The van der Waals surface area contributed by atoms with E-state index in [1.54, 1.807) is 0 Å². The van der Waals surface area contributed by atoms with Gasteiger partial charge in [0.1, 0.15) is 5.66 Å². The molecule has 0 saturated carbocycles. The second-order valence-electron chi connectivity index (χ2n) is 2.99. The number of hydrogen-bond donors (Lipinski definition) is 6. The fraction of sp³-hybridized carbons (Fsp3) is 0.800. The van der Waals surface area contributed by atoms with Gasteiger partial charge < -0.3 is 33.8 Å². The number of halogens is 2. The van der Waals surface area contributed by atoms with Crippen molar-refractivity contribution >= 4 is 5.97 Å². The second kappa shape index (κ2) is 3.37. The summed E-state index contributed by atoms with van der Waals surface area (Å²) in [7, 11) is 0. The molecule has 0 heterocycles. The first-order valence-corrected chi connectivity index (χ1v) is 3.47. The first-order valence-electron chi connectivity index (χ1n) is 3.47. The van der Waals surface area contributed by atoms with Crippen LogP contribution in [0.15, 0.2) is 0 Å². The number of carboxylic acids is 1. The SMILES string of the molecule is NCC(N)(N)C(N)(N)C(F)(F)C(=O)O. The maximum absolute atomic E-state index is 12.9. The van der Waals surface area contributed by atoms with Crippen molar-refractivity contribution < 1.29 is 18.7 Å². The predicted molar refractivity (Wildman–Crippen MR) is 43.8 cm³/mol.